The first-order valence-corrected chi connectivity index (χ1v) is 12.4. The minimum Gasteiger partial charge on any atom is -0.494 e. The lowest BCUT2D eigenvalue weighted by Crippen LogP contribution is -2.09. The zero-order valence-corrected chi connectivity index (χ0v) is 21.3. The lowest BCUT2D eigenvalue weighted by molar-refractivity contribution is 0.0737. The lowest BCUT2D eigenvalue weighted by Gasteiger charge is -2.07. The summed E-state index contributed by atoms with van der Waals surface area (Å²) in [6.07, 6.45) is 3.13. The summed E-state index contributed by atoms with van der Waals surface area (Å²) in [5.74, 6) is 0.571. The van der Waals surface area contributed by atoms with Crippen molar-refractivity contribution in [2.24, 2.45) is 0 Å². The van der Waals surface area contributed by atoms with E-state index in [9.17, 15) is 9.59 Å². The van der Waals surface area contributed by atoms with Crippen molar-refractivity contribution in [3.8, 4) is 22.8 Å². The van der Waals surface area contributed by atoms with Crippen molar-refractivity contribution in [1.82, 2.24) is 0 Å². The van der Waals surface area contributed by atoms with Crippen LogP contribution in [-0.2, 0) is 0 Å². The number of carbonyl (C=O) groups excluding carboxylic acids is 2. The van der Waals surface area contributed by atoms with E-state index in [-0.39, 0.29) is 5.78 Å². The van der Waals surface area contributed by atoms with Crippen LogP contribution in [0.5, 0.6) is 11.5 Å². The molecule has 0 saturated carbocycles. The number of rotatable bonds is 8. The number of hydrogen-bond acceptors (Lipinski definition) is 5. The fraction of sp³-hybridized carbons (Fsp3) is 0.0625. The second-order valence-corrected chi connectivity index (χ2v) is 8.80. The minimum atomic E-state index is -0.575. The van der Waals surface area contributed by atoms with Crippen LogP contribution in [0.25, 0.3) is 28.4 Å². The highest BCUT2D eigenvalue weighted by Gasteiger charge is 2.24. The van der Waals surface area contributed by atoms with Gasteiger partial charge in [0.1, 0.15) is 28.4 Å². The van der Waals surface area contributed by atoms with E-state index in [1.165, 1.54) is 6.08 Å². The fourth-order valence-corrected chi connectivity index (χ4v) is 4.24. The molecular weight excluding hydrogens is 500 g/mol. The molecule has 0 radical (unpaired) electrons. The molecule has 0 fully saturated rings. The molecule has 5 aromatic rings. The largest absolute Gasteiger partial charge is 0.494 e. The third kappa shape index (κ3) is 5.38. The van der Waals surface area contributed by atoms with Gasteiger partial charge < -0.3 is 13.9 Å². The lowest BCUT2D eigenvalue weighted by atomic mass is 10.1. The summed E-state index contributed by atoms with van der Waals surface area (Å²) >= 11 is 6.15. The maximum atomic E-state index is 13.4. The van der Waals surface area contributed by atoms with E-state index < -0.39 is 5.97 Å². The Bertz CT molecular complexity index is 1630. The van der Waals surface area contributed by atoms with E-state index in [2.05, 4.69) is 0 Å². The molecule has 0 aliphatic rings. The molecule has 0 saturated heterocycles. The van der Waals surface area contributed by atoms with Crippen molar-refractivity contribution in [3.63, 3.8) is 0 Å². The summed E-state index contributed by atoms with van der Waals surface area (Å²) in [5, 5.41) is 1.16. The maximum absolute atomic E-state index is 13.4. The van der Waals surface area contributed by atoms with Gasteiger partial charge in [-0.1, -0.05) is 60.1 Å². The first kappa shape index (κ1) is 25.1. The number of fused-ring (bicyclic) bond motifs is 1. The zero-order valence-electron chi connectivity index (χ0n) is 20.5. The van der Waals surface area contributed by atoms with Crippen molar-refractivity contribution >= 4 is 40.4 Å². The summed E-state index contributed by atoms with van der Waals surface area (Å²) in [7, 11) is 0. The van der Waals surface area contributed by atoms with Gasteiger partial charge in [0.05, 0.1) is 6.61 Å². The van der Waals surface area contributed by atoms with Crippen LogP contribution in [0.15, 0.2) is 108 Å². The summed E-state index contributed by atoms with van der Waals surface area (Å²) in [4.78, 5) is 26.1. The fourth-order valence-electron chi connectivity index (χ4n) is 4.05. The number of halogens is 1. The van der Waals surface area contributed by atoms with Crippen LogP contribution < -0.4 is 9.47 Å². The predicted molar refractivity (Wildman–Crippen MR) is 149 cm³/mol. The molecule has 0 N–H and O–H groups in total. The second-order valence-electron chi connectivity index (χ2n) is 8.40. The number of esters is 1. The SMILES string of the molecule is CCOc1ccc2oc(-c3ccccc3)c(C(=O)Oc3ccc(C(=O)C=Cc4ccccc4Cl)cc3)c2c1. The molecule has 6 heteroatoms. The molecule has 0 unspecified atom stereocenters. The van der Waals surface area contributed by atoms with E-state index in [1.807, 2.05) is 55.5 Å². The number of furan rings is 1. The molecule has 1 heterocycles. The van der Waals surface area contributed by atoms with Gasteiger partial charge >= 0.3 is 5.97 Å². The van der Waals surface area contributed by atoms with Gasteiger partial charge in [-0.05, 0) is 73.2 Å². The van der Waals surface area contributed by atoms with Gasteiger partial charge in [-0.3, -0.25) is 4.79 Å². The van der Waals surface area contributed by atoms with Gasteiger partial charge in [0.2, 0.25) is 0 Å². The summed E-state index contributed by atoms with van der Waals surface area (Å²) in [6.45, 7) is 2.39. The molecule has 0 aliphatic heterocycles. The van der Waals surface area contributed by atoms with Crippen molar-refractivity contribution in [2.45, 2.75) is 6.92 Å². The first-order valence-electron chi connectivity index (χ1n) is 12.1. The molecule has 38 heavy (non-hydrogen) atoms. The highest BCUT2D eigenvalue weighted by atomic mass is 35.5. The summed E-state index contributed by atoms with van der Waals surface area (Å²) in [5.41, 5.74) is 2.80. The van der Waals surface area contributed by atoms with Crippen LogP contribution in [0.2, 0.25) is 5.02 Å². The third-order valence-electron chi connectivity index (χ3n) is 5.88. The molecule has 1 aromatic heterocycles. The topological polar surface area (TPSA) is 65.7 Å². The number of benzene rings is 4. The molecule has 0 atom stereocenters. The Kier molecular flexibility index (Phi) is 7.38. The van der Waals surface area contributed by atoms with Crippen LogP contribution in [0.1, 0.15) is 33.2 Å². The van der Waals surface area contributed by atoms with Crippen LogP contribution in [0.3, 0.4) is 0 Å². The number of ether oxygens (including phenoxy) is 2. The number of hydrogen-bond donors (Lipinski definition) is 0. The molecular formula is C32H23ClO5. The van der Waals surface area contributed by atoms with E-state index in [1.54, 1.807) is 54.6 Å². The monoisotopic (exact) mass is 522 g/mol. The average Bonchev–Trinajstić information content (AvgIpc) is 3.32. The zero-order chi connectivity index (χ0) is 26.5. The third-order valence-corrected chi connectivity index (χ3v) is 6.22. The van der Waals surface area contributed by atoms with Crippen molar-refractivity contribution in [1.29, 1.82) is 0 Å². The highest BCUT2D eigenvalue weighted by Crippen LogP contribution is 2.36. The Hall–Kier alpha value is -4.61. The molecule has 5 nitrogen and oxygen atoms in total. The Labute approximate surface area is 224 Å². The van der Waals surface area contributed by atoms with Crippen LogP contribution in [0.4, 0.5) is 0 Å². The molecule has 0 amide bonds. The predicted octanol–water partition coefficient (Wildman–Crippen LogP) is 8.27. The van der Waals surface area contributed by atoms with E-state index >= 15 is 0 Å². The number of allylic oxidation sites excluding steroid dienone is 1. The Balaban J connectivity index is 1.41. The van der Waals surface area contributed by atoms with E-state index in [0.29, 0.717) is 51.0 Å². The van der Waals surface area contributed by atoms with Crippen LogP contribution in [0, 0.1) is 0 Å². The van der Waals surface area contributed by atoms with Gasteiger partial charge in [-0.2, -0.15) is 0 Å². The molecule has 0 bridgehead atoms. The minimum absolute atomic E-state index is 0.196. The molecule has 0 spiro atoms. The summed E-state index contributed by atoms with van der Waals surface area (Å²) in [6, 6.07) is 28.4. The van der Waals surface area contributed by atoms with Crippen LogP contribution in [-0.4, -0.2) is 18.4 Å². The molecule has 0 aliphatic carbocycles. The van der Waals surface area contributed by atoms with Crippen LogP contribution >= 0.6 is 11.6 Å². The molecule has 188 valence electrons. The second kappa shape index (κ2) is 11.2. The molecule has 4 aromatic carbocycles. The van der Waals surface area contributed by atoms with Gasteiger partial charge in [0.15, 0.2) is 5.78 Å². The molecule has 5 rings (SSSR count). The van der Waals surface area contributed by atoms with Gasteiger partial charge in [0, 0.05) is 21.5 Å². The standard InChI is InChI=1S/C32H23ClO5/c1-2-36-25-17-19-29-26(20-25)30(31(38-29)23-9-4-3-5-10-23)32(35)37-24-15-12-22(13-16-24)28(34)18-14-21-8-6-7-11-27(21)33/h3-20H,2H2,1H3. The maximum Gasteiger partial charge on any atom is 0.348 e. The van der Waals surface area contributed by atoms with Gasteiger partial charge in [0.25, 0.3) is 0 Å². The van der Waals surface area contributed by atoms with Gasteiger partial charge in [-0.25, -0.2) is 4.79 Å². The average molecular weight is 523 g/mol. The Morgan fingerprint density at radius 3 is 2.32 bits per heavy atom. The smallest absolute Gasteiger partial charge is 0.348 e. The summed E-state index contributed by atoms with van der Waals surface area (Å²) < 4.78 is 17.4. The Morgan fingerprint density at radius 1 is 0.868 bits per heavy atom. The quantitative estimate of drug-likeness (QED) is 0.0887. The highest BCUT2D eigenvalue weighted by molar-refractivity contribution is 6.32. The van der Waals surface area contributed by atoms with Crippen molar-refractivity contribution in [3.05, 3.63) is 125 Å². The first-order chi connectivity index (χ1) is 18.5. The van der Waals surface area contributed by atoms with E-state index in [0.717, 1.165) is 11.1 Å². The number of carbonyl (C=O) groups is 2. The van der Waals surface area contributed by atoms with Gasteiger partial charge in [-0.15, -0.1) is 0 Å². The van der Waals surface area contributed by atoms with Crippen molar-refractivity contribution < 1.29 is 23.5 Å². The van der Waals surface area contributed by atoms with Crippen molar-refractivity contribution in [2.75, 3.05) is 6.61 Å². The normalized spacial score (nSPS) is 11.1. The van der Waals surface area contributed by atoms with E-state index in [4.69, 9.17) is 25.5 Å². The number of ketones is 1. The Morgan fingerprint density at radius 2 is 1.58 bits per heavy atom.